The van der Waals surface area contributed by atoms with E-state index < -0.39 is 0 Å². The van der Waals surface area contributed by atoms with Crippen LogP contribution in [0, 0.1) is 13.8 Å². The number of aryl methyl sites for hydroxylation is 3. The lowest BCUT2D eigenvalue weighted by molar-refractivity contribution is 0.288. The lowest BCUT2D eigenvalue weighted by Crippen LogP contribution is -2.05. The third kappa shape index (κ3) is 2.86. The average molecular weight is 242 g/mol. The van der Waals surface area contributed by atoms with E-state index in [-0.39, 0.29) is 0 Å². The molecule has 2 rings (SSSR count). The number of nitrogens with zero attached hydrogens (tertiary/aromatic N) is 2. The van der Waals surface area contributed by atoms with Gasteiger partial charge in [0.1, 0.15) is 12.3 Å². The molecule has 2 aromatic rings. The van der Waals surface area contributed by atoms with Gasteiger partial charge in [0.05, 0.1) is 11.4 Å². The van der Waals surface area contributed by atoms with Crippen LogP contribution in [0.3, 0.4) is 0 Å². The van der Waals surface area contributed by atoms with E-state index in [2.05, 4.69) is 16.9 Å². The van der Waals surface area contributed by atoms with E-state index in [4.69, 9.17) is 4.74 Å². The van der Waals surface area contributed by atoms with Gasteiger partial charge in [-0.25, -0.2) is 4.98 Å². The van der Waals surface area contributed by atoms with Crippen LogP contribution in [0.25, 0.3) is 0 Å². The Morgan fingerprint density at radius 2 is 1.67 bits per heavy atom. The zero-order valence-corrected chi connectivity index (χ0v) is 11.1. The van der Waals surface area contributed by atoms with Crippen molar-refractivity contribution in [3.05, 3.63) is 53.0 Å². The Morgan fingerprint density at radius 3 is 2.33 bits per heavy atom. The van der Waals surface area contributed by atoms with Gasteiger partial charge < -0.3 is 4.74 Å². The van der Waals surface area contributed by atoms with Gasteiger partial charge in [0.15, 0.2) is 0 Å². The van der Waals surface area contributed by atoms with E-state index in [9.17, 15) is 0 Å². The van der Waals surface area contributed by atoms with Gasteiger partial charge in [-0.2, -0.15) is 0 Å². The first kappa shape index (κ1) is 12.6. The molecule has 0 fully saturated rings. The van der Waals surface area contributed by atoms with Crippen LogP contribution in [0.15, 0.2) is 30.3 Å². The minimum Gasteiger partial charge on any atom is -0.471 e. The Hall–Kier alpha value is -1.90. The first-order valence-electron chi connectivity index (χ1n) is 6.21. The van der Waals surface area contributed by atoms with Crippen molar-refractivity contribution in [1.29, 1.82) is 0 Å². The van der Waals surface area contributed by atoms with E-state index in [0.717, 1.165) is 29.1 Å². The molecule has 0 atom stereocenters. The highest BCUT2D eigenvalue weighted by Gasteiger charge is 2.08. The summed E-state index contributed by atoms with van der Waals surface area (Å²) in [7, 11) is 0. The van der Waals surface area contributed by atoms with E-state index in [1.54, 1.807) is 0 Å². The van der Waals surface area contributed by atoms with Crippen molar-refractivity contribution in [3.8, 4) is 5.88 Å². The van der Waals surface area contributed by atoms with Crippen molar-refractivity contribution in [1.82, 2.24) is 9.97 Å². The summed E-state index contributed by atoms with van der Waals surface area (Å²) in [6.45, 7) is 6.53. The molecule has 1 aromatic heterocycles. The van der Waals surface area contributed by atoms with Gasteiger partial charge in [-0.05, 0) is 25.8 Å². The van der Waals surface area contributed by atoms with Gasteiger partial charge in [-0.3, -0.25) is 4.98 Å². The minimum atomic E-state index is 0.533. The van der Waals surface area contributed by atoms with Gasteiger partial charge in [0.25, 0.3) is 0 Å². The molecule has 18 heavy (non-hydrogen) atoms. The summed E-state index contributed by atoms with van der Waals surface area (Å²) >= 11 is 0. The third-order valence-corrected chi connectivity index (χ3v) is 2.90. The van der Waals surface area contributed by atoms with Crippen LogP contribution in [0.5, 0.6) is 5.88 Å². The lowest BCUT2D eigenvalue weighted by Gasteiger charge is -2.11. The highest BCUT2D eigenvalue weighted by molar-refractivity contribution is 5.24. The Labute approximate surface area is 108 Å². The molecule has 0 aliphatic carbocycles. The number of aromatic nitrogens is 2. The largest absolute Gasteiger partial charge is 0.471 e. The molecule has 0 aliphatic heterocycles. The normalized spacial score (nSPS) is 10.4. The molecule has 0 unspecified atom stereocenters. The topological polar surface area (TPSA) is 35.0 Å². The maximum Gasteiger partial charge on any atom is 0.236 e. The van der Waals surface area contributed by atoms with Gasteiger partial charge in [-0.15, -0.1) is 0 Å². The van der Waals surface area contributed by atoms with E-state index in [1.807, 2.05) is 44.2 Å². The van der Waals surface area contributed by atoms with E-state index in [0.29, 0.717) is 12.5 Å². The fourth-order valence-corrected chi connectivity index (χ4v) is 1.70. The number of ether oxygens (including phenoxy) is 1. The van der Waals surface area contributed by atoms with Crippen molar-refractivity contribution < 1.29 is 4.74 Å². The van der Waals surface area contributed by atoms with Gasteiger partial charge in [0, 0.05) is 0 Å². The van der Waals surface area contributed by atoms with Crippen LogP contribution in [0.4, 0.5) is 0 Å². The predicted octanol–water partition coefficient (Wildman–Crippen LogP) is 3.23. The zero-order valence-electron chi connectivity index (χ0n) is 11.1. The van der Waals surface area contributed by atoms with Crippen LogP contribution in [0.1, 0.15) is 29.6 Å². The van der Waals surface area contributed by atoms with Crippen LogP contribution >= 0.6 is 0 Å². The summed E-state index contributed by atoms with van der Waals surface area (Å²) < 4.78 is 5.78. The number of rotatable bonds is 4. The smallest absolute Gasteiger partial charge is 0.236 e. The van der Waals surface area contributed by atoms with E-state index in [1.165, 1.54) is 0 Å². The van der Waals surface area contributed by atoms with Crippen molar-refractivity contribution in [2.75, 3.05) is 0 Å². The molecule has 0 aliphatic rings. The molecule has 3 heteroatoms. The zero-order chi connectivity index (χ0) is 13.0. The standard InChI is InChI=1S/C15H18N2O/c1-4-14-15(17-12(3)11(2)16-14)18-10-13-8-6-5-7-9-13/h5-9H,4,10H2,1-3H3. The molecule has 0 radical (unpaired) electrons. The molecule has 3 nitrogen and oxygen atoms in total. The number of benzene rings is 1. The SMILES string of the molecule is CCc1nc(C)c(C)nc1OCc1ccccc1. The molecule has 0 N–H and O–H groups in total. The quantitative estimate of drug-likeness (QED) is 0.825. The maximum atomic E-state index is 5.78. The number of hydrogen-bond acceptors (Lipinski definition) is 3. The molecule has 1 aromatic carbocycles. The fourth-order valence-electron chi connectivity index (χ4n) is 1.70. The highest BCUT2D eigenvalue weighted by Crippen LogP contribution is 2.17. The lowest BCUT2D eigenvalue weighted by atomic mass is 10.2. The first-order valence-corrected chi connectivity index (χ1v) is 6.21. The summed E-state index contributed by atoms with van der Waals surface area (Å²) in [5.41, 5.74) is 3.96. The molecular formula is C15H18N2O. The second-order valence-corrected chi connectivity index (χ2v) is 4.27. The van der Waals surface area contributed by atoms with Crippen LogP contribution in [0.2, 0.25) is 0 Å². The Balaban J connectivity index is 2.16. The minimum absolute atomic E-state index is 0.533. The van der Waals surface area contributed by atoms with E-state index >= 15 is 0 Å². The molecule has 94 valence electrons. The maximum absolute atomic E-state index is 5.78. The van der Waals surface area contributed by atoms with Crippen molar-refractivity contribution >= 4 is 0 Å². The molecule has 0 spiro atoms. The summed E-state index contributed by atoms with van der Waals surface area (Å²) in [5, 5.41) is 0. The summed E-state index contributed by atoms with van der Waals surface area (Å²) in [6.07, 6.45) is 0.832. The van der Waals surface area contributed by atoms with Gasteiger partial charge in [-0.1, -0.05) is 37.3 Å². The monoisotopic (exact) mass is 242 g/mol. The van der Waals surface area contributed by atoms with Crippen LogP contribution in [-0.2, 0) is 13.0 Å². The molecule has 0 saturated carbocycles. The van der Waals surface area contributed by atoms with Crippen molar-refractivity contribution in [3.63, 3.8) is 0 Å². The molecule has 1 heterocycles. The second kappa shape index (κ2) is 5.63. The first-order chi connectivity index (χ1) is 8.70. The van der Waals surface area contributed by atoms with Crippen molar-refractivity contribution in [2.45, 2.75) is 33.8 Å². The highest BCUT2D eigenvalue weighted by atomic mass is 16.5. The summed E-state index contributed by atoms with van der Waals surface area (Å²) in [5.74, 6) is 0.657. The molecular weight excluding hydrogens is 224 g/mol. The van der Waals surface area contributed by atoms with Gasteiger partial charge >= 0.3 is 0 Å². The Bertz CT molecular complexity index is 524. The predicted molar refractivity (Wildman–Crippen MR) is 71.7 cm³/mol. The Kier molecular flexibility index (Phi) is 3.92. The fraction of sp³-hybridized carbons (Fsp3) is 0.333. The average Bonchev–Trinajstić information content (AvgIpc) is 2.41. The van der Waals surface area contributed by atoms with Crippen LogP contribution < -0.4 is 4.74 Å². The van der Waals surface area contributed by atoms with Crippen molar-refractivity contribution in [2.24, 2.45) is 0 Å². The molecule has 0 saturated heterocycles. The summed E-state index contributed by atoms with van der Waals surface area (Å²) in [6, 6.07) is 10.1. The third-order valence-electron chi connectivity index (χ3n) is 2.90. The molecule has 0 bridgehead atoms. The van der Waals surface area contributed by atoms with Gasteiger partial charge in [0.2, 0.25) is 5.88 Å². The van der Waals surface area contributed by atoms with Crippen LogP contribution in [-0.4, -0.2) is 9.97 Å². The molecule has 0 amide bonds. The second-order valence-electron chi connectivity index (χ2n) is 4.27. The summed E-state index contributed by atoms with van der Waals surface area (Å²) in [4.78, 5) is 8.99. The Morgan fingerprint density at radius 1 is 1.00 bits per heavy atom. The number of hydrogen-bond donors (Lipinski definition) is 0.